The second-order valence-electron chi connectivity index (χ2n) is 7.87. The minimum Gasteiger partial charge on any atom is -0.435 e. The first-order valence-electron chi connectivity index (χ1n) is 10.0. The van der Waals surface area contributed by atoms with Gasteiger partial charge in [0.1, 0.15) is 0 Å². The van der Waals surface area contributed by atoms with E-state index in [2.05, 4.69) is 11.9 Å². The molecular formula is C20H31N3O3. The molecule has 0 bridgehead atoms. The Morgan fingerprint density at radius 3 is 2.77 bits per heavy atom. The van der Waals surface area contributed by atoms with Gasteiger partial charge < -0.3 is 14.2 Å². The topological polar surface area (TPSA) is 66.7 Å². The number of amides is 2. The van der Waals surface area contributed by atoms with Gasteiger partial charge >= 0.3 is 0 Å². The van der Waals surface area contributed by atoms with Crippen LogP contribution in [0.1, 0.15) is 74.5 Å². The lowest BCUT2D eigenvalue weighted by Gasteiger charge is -2.48. The number of carbonyl (C=O) groups excluding carboxylic acids is 2. The Bertz CT molecular complexity index is 669. The second-order valence-corrected chi connectivity index (χ2v) is 7.87. The molecule has 1 aromatic rings. The van der Waals surface area contributed by atoms with E-state index in [1.165, 1.54) is 0 Å². The third-order valence-corrected chi connectivity index (χ3v) is 5.82. The molecule has 2 aliphatic rings. The van der Waals surface area contributed by atoms with Gasteiger partial charge in [-0.3, -0.25) is 9.59 Å². The molecule has 1 atom stereocenters. The normalized spacial score (nSPS) is 23.7. The van der Waals surface area contributed by atoms with Crippen molar-refractivity contribution in [3.05, 3.63) is 17.3 Å². The van der Waals surface area contributed by atoms with Crippen molar-refractivity contribution < 1.29 is 14.0 Å². The zero-order chi connectivity index (χ0) is 18.7. The quantitative estimate of drug-likeness (QED) is 0.808. The van der Waals surface area contributed by atoms with E-state index in [9.17, 15) is 9.59 Å². The highest BCUT2D eigenvalue weighted by Crippen LogP contribution is 2.39. The van der Waals surface area contributed by atoms with Crippen LogP contribution in [-0.4, -0.2) is 52.8 Å². The first-order valence-corrected chi connectivity index (χ1v) is 10.0. The predicted octanol–water partition coefficient (Wildman–Crippen LogP) is 3.19. The number of hydrogen-bond donors (Lipinski definition) is 0. The number of unbranched alkanes of at least 4 members (excludes halogenated alkanes) is 1. The van der Waals surface area contributed by atoms with E-state index in [0.717, 1.165) is 51.7 Å². The Hall–Kier alpha value is -1.85. The third-order valence-electron chi connectivity index (χ3n) is 5.82. The number of nitrogens with zero attached hydrogens (tertiary/aromatic N) is 3. The number of likely N-dealkylation sites (tertiary alicyclic amines) is 2. The summed E-state index contributed by atoms with van der Waals surface area (Å²) in [6.45, 7) is 9.04. The molecule has 3 rings (SSSR count). The zero-order valence-corrected chi connectivity index (χ0v) is 16.3. The molecule has 1 spiro atoms. The molecule has 2 fully saturated rings. The molecule has 6 nitrogen and oxygen atoms in total. The lowest BCUT2D eigenvalue weighted by Crippen LogP contribution is -2.55. The molecule has 0 saturated carbocycles. The maximum atomic E-state index is 13.0. The monoisotopic (exact) mass is 361 g/mol. The average molecular weight is 361 g/mol. The number of oxazole rings is 1. The Morgan fingerprint density at radius 2 is 2.08 bits per heavy atom. The molecule has 144 valence electrons. The predicted molar refractivity (Wildman–Crippen MR) is 98.9 cm³/mol. The van der Waals surface area contributed by atoms with E-state index < -0.39 is 0 Å². The lowest BCUT2D eigenvalue weighted by molar-refractivity contribution is -0.139. The van der Waals surface area contributed by atoms with Crippen LogP contribution in [0.4, 0.5) is 0 Å². The van der Waals surface area contributed by atoms with Crippen LogP contribution in [0, 0.1) is 12.3 Å². The largest absolute Gasteiger partial charge is 0.435 e. The van der Waals surface area contributed by atoms with Crippen LogP contribution in [0.2, 0.25) is 0 Å². The molecule has 3 heterocycles. The SMILES string of the molecule is CCCCN1C[C@@]2(CCCN(C(=O)c3oc(CC)nc3C)C2)CCC1=O. The summed E-state index contributed by atoms with van der Waals surface area (Å²) in [4.78, 5) is 33.6. The van der Waals surface area contributed by atoms with Gasteiger partial charge in [0, 0.05) is 44.4 Å². The molecule has 6 heteroatoms. The zero-order valence-electron chi connectivity index (χ0n) is 16.3. The molecular weight excluding hydrogens is 330 g/mol. The summed E-state index contributed by atoms with van der Waals surface area (Å²) >= 11 is 0. The molecule has 2 aliphatic heterocycles. The Morgan fingerprint density at radius 1 is 1.27 bits per heavy atom. The van der Waals surface area contributed by atoms with Crippen LogP contribution in [0.15, 0.2) is 4.42 Å². The van der Waals surface area contributed by atoms with Crippen molar-refractivity contribution in [2.75, 3.05) is 26.2 Å². The second kappa shape index (κ2) is 7.80. The number of hydrogen-bond acceptors (Lipinski definition) is 4. The van der Waals surface area contributed by atoms with Crippen LogP contribution in [-0.2, 0) is 11.2 Å². The maximum absolute atomic E-state index is 13.0. The third kappa shape index (κ3) is 3.79. The summed E-state index contributed by atoms with van der Waals surface area (Å²) in [5, 5.41) is 0. The standard InChI is InChI=1S/C20H31N3O3/c1-4-6-11-22-13-20(10-8-17(22)24)9-7-12-23(14-20)19(25)18-15(3)21-16(5-2)26-18/h4-14H2,1-3H3/t20-/m1/s1. The molecule has 0 radical (unpaired) electrons. The Kier molecular flexibility index (Phi) is 5.68. The summed E-state index contributed by atoms with van der Waals surface area (Å²) in [5.74, 6) is 1.22. The summed E-state index contributed by atoms with van der Waals surface area (Å²) in [5.41, 5.74) is 0.715. The van der Waals surface area contributed by atoms with Crippen molar-refractivity contribution in [2.45, 2.75) is 65.7 Å². The van der Waals surface area contributed by atoms with Gasteiger partial charge in [0.05, 0.1) is 5.69 Å². The molecule has 2 saturated heterocycles. The van der Waals surface area contributed by atoms with Crippen LogP contribution >= 0.6 is 0 Å². The minimum absolute atomic E-state index is 0.0388. The minimum atomic E-state index is -0.0502. The van der Waals surface area contributed by atoms with Gasteiger partial charge in [-0.15, -0.1) is 0 Å². The summed E-state index contributed by atoms with van der Waals surface area (Å²) < 4.78 is 5.68. The number of aryl methyl sites for hydroxylation is 2. The molecule has 0 aromatic carbocycles. The summed E-state index contributed by atoms with van der Waals surface area (Å²) in [6, 6.07) is 0. The van der Waals surface area contributed by atoms with Gasteiger partial charge in [-0.1, -0.05) is 20.3 Å². The number of aromatic nitrogens is 1. The lowest BCUT2D eigenvalue weighted by atomic mass is 9.73. The van der Waals surface area contributed by atoms with E-state index in [-0.39, 0.29) is 17.2 Å². The van der Waals surface area contributed by atoms with Crippen molar-refractivity contribution in [3.63, 3.8) is 0 Å². The van der Waals surface area contributed by atoms with Crippen molar-refractivity contribution in [3.8, 4) is 0 Å². The summed E-state index contributed by atoms with van der Waals surface area (Å²) in [6.07, 6.45) is 6.37. The molecule has 26 heavy (non-hydrogen) atoms. The van der Waals surface area contributed by atoms with Gasteiger partial charge in [-0.05, 0) is 32.6 Å². The van der Waals surface area contributed by atoms with Crippen LogP contribution in [0.25, 0.3) is 0 Å². The van der Waals surface area contributed by atoms with Crippen molar-refractivity contribution >= 4 is 11.8 Å². The van der Waals surface area contributed by atoms with Gasteiger partial charge in [0.2, 0.25) is 11.7 Å². The fourth-order valence-electron chi connectivity index (χ4n) is 4.31. The molecule has 0 unspecified atom stereocenters. The molecule has 2 amide bonds. The average Bonchev–Trinajstić information content (AvgIpc) is 3.03. The molecule has 0 N–H and O–H groups in total. The van der Waals surface area contributed by atoms with Crippen molar-refractivity contribution in [1.29, 1.82) is 0 Å². The highest BCUT2D eigenvalue weighted by Gasteiger charge is 2.43. The maximum Gasteiger partial charge on any atom is 0.291 e. The van der Waals surface area contributed by atoms with Gasteiger partial charge in [0.15, 0.2) is 5.89 Å². The number of piperidine rings is 2. The Balaban J connectivity index is 1.72. The van der Waals surface area contributed by atoms with Crippen LogP contribution < -0.4 is 0 Å². The van der Waals surface area contributed by atoms with E-state index in [0.29, 0.717) is 36.7 Å². The van der Waals surface area contributed by atoms with Crippen molar-refractivity contribution in [1.82, 2.24) is 14.8 Å². The highest BCUT2D eigenvalue weighted by molar-refractivity contribution is 5.92. The number of carbonyl (C=O) groups is 2. The van der Waals surface area contributed by atoms with Gasteiger partial charge in [-0.25, -0.2) is 4.98 Å². The Labute approximate surface area is 155 Å². The van der Waals surface area contributed by atoms with E-state index >= 15 is 0 Å². The van der Waals surface area contributed by atoms with Crippen LogP contribution in [0.3, 0.4) is 0 Å². The molecule has 1 aromatic heterocycles. The van der Waals surface area contributed by atoms with E-state index in [1.807, 2.05) is 23.6 Å². The van der Waals surface area contributed by atoms with E-state index in [4.69, 9.17) is 4.42 Å². The first-order chi connectivity index (χ1) is 12.5. The highest BCUT2D eigenvalue weighted by atomic mass is 16.4. The fourth-order valence-corrected chi connectivity index (χ4v) is 4.31. The van der Waals surface area contributed by atoms with Gasteiger partial charge in [0.25, 0.3) is 5.91 Å². The van der Waals surface area contributed by atoms with Crippen molar-refractivity contribution in [2.24, 2.45) is 5.41 Å². The smallest absolute Gasteiger partial charge is 0.291 e. The van der Waals surface area contributed by atoms with Gasteiger partial charge in [-0.2, -0.15) is 0 Å². The molecule has 0 aliphatic carbocycles. The van der Waals surface area contributed by atoms with E-state index in [1.54, 1.807) is 0 Å². The summed E-state index contributed by atoms with van der Waals surface area (Å²) in [7, 11) is 0. The number of rotatable bonds is 5. The first kappa shape index (κ1) is 18.9. The van der Waals surface area contributed by atoms with Crippen LogP contribution in [0.5, 0.6) is 0 Å². The fraction of sp³-hybridized carbons (Fsp3) is 0.750.